The van der Waals surface area contributed by atoms with E-state index in [1.807, 2.05) is 0 Å². The molecule has 4 rings (SSSR count). The summed E-state index contributed by atoms with van der Waals surface area (Å²) in [7, 11) is -2.79. The maximum absolute atomic E-state index is 14.2. The van der Waals surface area contributed by atoms with E-state index >= 15 is 0 Å². The Bertz CT molecular complexity index is 1550. The fraction of sp³-hybridized carbons (Fsp3) is 0.360. The molecular formula is C25H28FN7O4S. The van der Waals surface area contributed by atoms with Gasteiger partial charge in [-0.1, -0.05) is 0 Å². The highest BCUT2D eigenvalue weighted by atomic mass is 32.2. The number of nitriles is 1. The number of hydrogen-bond donors (Lipinski definition) is 2. The van der Waals surface area contributed by atoms with Crippen LogP contribution in [-0.2, 0) is 14.5 Å². The van der Waals surface area contributed by atoms with Gasteiger partial charge < -0.3 is 15.0 Å². The number of aryl methyl sites for hydroxylation is 1. The standard InChI is InChI=1S/C25H28FN7O4S/c1-15-19(24(34)31-38(3,4)36)13-33-22(15)23(28-14-29-33)30-20-8-7-17(26)12-21(20)37-16(2)25(35)32-11-5-6-18(32)9-10-27/h7-8,12-14,16,18H,3,5-6,9,11H2,1-2,4H3,(H,28,29,30)(H,31,34,36). The average molecular weight is 542 g/mol. The Morgan fingerprint density at radius 2 is 2.18 bits per heavy atom. The van der Waals surface area contributed by atoms with Gasteiger partial charge in [0.2, 0.25) is 0 Å². The highest BCUT2D eigenvalue weighted by Crippen LogP contribution is 2.32. The Balaban J connectivity index is 1.62. The molecule has 38 heavy (non-hydrogen) atoms. The molecule has 2 N–H and O–H groups in total. The summed E-state index contributed by atoms with van der Waals surface area (Å²) in [4.78, 5) is 31.6. The molecule has 0 saturated carbocycles. The number of ether oxygens (including phenoxy) is 1. The predicted octanol–water partition coefficient (Wildman–Crippen LogP) is 2.58. The first-order chi connectivity index (χ1) is 18.0. The van der Waals surface area contributed by atoms with Gasteiger partial charge >= 0.3 is 0 Å². The van der Waals surface area contributed by atoms with E-state index < -0.39 is 27.5 Å². The molecule has 1 saturated heterocycles. The largest absolute Gasteiger partial charge is 0.479 e. The lowest BCUT2D eigenvalue weighted by atomic mass is 10.1. The molecule has 0 aliphatic carbocycles. The molecule has 3 unspecified atom stereocenters. The fourth-order valence-corrected chi connectivity index (χ4v) is 4.98. The Labute approximate surface area is 219 Å². The number of rotatable bonds is 8. The number of carbonyl (C=O) groups excluding carboxylic acids is 2. The number of aromatic nitrogens is 3. The van der Waals surface area contributed by atoms with Crippen molar-refractivity contribution < 1.29 is 22.9 Å². The summed E-state index contributed by atoms with van der Waals surface area (Å²) in [5.74, 6) is 2.42. The van der Waals surface area contributed by atoms with Crippen molar-refractivity contribution in [3.05, 3.63) is 47.7 Å². The zero-order chi connectivity index (χ0) is 27.6. The van der Waals surface area contributed by atoms with Gasteiger partial charge in [-0.25, -0.2) is 18.1 Å². The molecule has 2 amide bonds. The zero-order valence-corrected chi connectivity index (χ0v) is 22.0. The number of amides is 2. The monoisotopic (exact) mass is 541 g/mol. The summed E-state index contributed by atoms with van der Waals surface area (Å²) in [5.41, 5.74) is 1.54. The molecule has 3 atom stereocenters. The third-order valence-electron chi connectivity index (χ3n) is 6.22. The second-order valence-electron chi connectivity index (χ2n) is 9.22. The number of nitrogens with zero attached hydrogens (tertiary/aromatic N) is 5. The van der Waals surface area contributed by atoms with E-state index in [1.54, 1.807) is 18.7 Å². The van der Waals surface area contributed by atoms with Crippen LogP contribution >= 0.6 is 0 Å². The van der Waals surface area contributed by atoms with E-state index in [0.29, 0.717) is 29.1 Å². The highest BCUT2D eigenvalue weighted by Gasteiger charge is 2.32. The number of halogens is 1. The van der Waals surface area contributed by atoms with Gasteiger partial charge in [-0.05, 0) is 50.3 Å². The van der Waals surface area contributed by atoms with Crippen molar-refractivity contribution in [3.8, 4) is 11.8 Å². The van der Waals surface area contributed by atoms with E-state index in [9.17, 15) is 18.2 Å². The van der Waals surface area contributed by atoms with Gasteiger partial charge in [0.05, 0.1) is 23.7 Å². The normalized spacial score (nSPS) is 17.4. The Morgan fingerprint density at radius 3 is 2.89 bits per heavy atom. The van der Waals surface area contributed by atoms with E-state index in [-0.39, 0.29) is 29.7 Å². The summed E-state index contributed by atoms with van der Waals surface area (Å²) in [6.45, 7) is 3.81. The Hall–Kier alpha value is -4.18. The summed E-state index contributed by atoms with van der Waals surface area (Å²) in [6.07, 6.45) is 4.95. The first kappa shape index (κ1) is 26.9. The van der Waals surface area contributed by atoms with Crippen LogP contribution in [-0.4, -0.2) is 66.3 Å². The van der Waals surface area contributed by atoms with Crippen molar-refractivity contribution in [2.24, 2.45) is 0 Å². The summed E-state index contributed by atoms with van der Waals surface area (Å²) in [5, 5.41) is 16.3. The number of nitrogens with one attached hydrogen (secondary N) is 2. The van der Waals surface area contributed by atoms with Crippen LogP contribution in [0.15, 0.2) is 30.7 Å². The van der Waals surface area contributed by atoms with E-state index in [2.05, 4.69) is 32.1 Å². The van der Waals surface area contributed by atoms with Gasteiger partial charge in [-0.15, -0.1) is 0 Å². The lowest BCUT2D eigenvalue weighted by molar-refractivity contribution is -0.138. The molecule has 3 aromatic rings. The molecule has 1 fully saturated rings. The fourth-order valence-electron chi connectivity index (χ4n) is 4.47. The van der Waals surface area contributed by atoms with Crippen molar-refractivity contribution in [3.63, 3.8) is 0 Å². The molecule has 0 bridgehead atoms. The molecular weight excluding hydrogens is 513 g/mol. The lowest BCUT2D eigenvalue weighted by Gasteiger charge is -2.27. The summed E-state index contributed by atoms with van der Waals surface area (Å²) >= 11 is 0. The van der Waals surface area contributed by atoms with Crippen molar-refractivity contribution in [2.45, 2.75) is 45.3 Å². The van der Waals surface area contributed by atoms with Gasteiger partial charge in [0.15, 0.2) is 11.9 Å². The van der Waals surface area contributed by atoms with Crippen molar-refractivity contribution in [1.82, 2.24) is 24.2 Å². The highest BCUT2D eigenvalue weighted by molar-refractivity contribution is 7.98. The number of benzene rings is 1. The number of carbonyl (C=O) groups is 2. The van der Waals surface area contributed by atoms with Crippen molar-refractivity contribution in [1.29, 1.82) is 5.26 Å². The predicted molar refractivity (Wildman–Crippen MR) is 141 cm³/mol. The van der Waals surface area contributed by atoms with Crippen molar-refractivity contribution >= 4 is 44.4 Å². The van der Waals surface area contributed by atoms with Crippen LogP contribution in [0.2, 0.25) is 0 Å². The Morgan fingerprint density at radius 1 is 1.42 bits per heavy atom. The minimum absolute atomic E-state index is 0.0867. The van der Waals surface area contributed by atoms with Crippen LogP contribution in [0.5, 0.6) is 5.75 Å². The minimum Gasteiger partial charge on any atom is -0.479 e. The van der Waals surface area contributed by atoms with E-state index in [4.69, 9.17) is 10.00 Å². The average Bonchev–Trinajstić information content (AvgIpc) is 3.44. The minimum atomic E-state index is -2.79. The molecule has 1 aliphatic heterocycles. The second kappa shape index (κ2) is 10.7. The first-order valence-corrected chi connectivity index (χ1v) is 14.0. The first-order valence-electron chi connectivity index (χ1n) is 11.9. The maximum atomic E-state index is 14.2. The van der Waals surface area contributed by atoms with Gasteiger partial charge in [-0.3, -0.25) is 14.3 Å². The van der Waals surface area contributed by atoms with Crippen LogP contribution in [0.1, 0.15) is 42.1 Å². The van der Waals surface area contributed by atoms with Gasteiger partial charge in [-0.2, -0.15) is 10.4 Å². The smallest absolute Gasteiger partial charge is 0.264 e. The molecule has 0 radical (unpaired) electrons. The topological polar surface area (TPSA) is 142 Å². The third-order valence-corrected chi connectivity index (χ3v) is 6.83. The molecule has 0 spiro atoms. The van der Waals surface area contributed by atoms with Crippen LogP contribution in [0, 0.1) is 24.1 Å². The van der Waals surface area contributed by atoms with Crippen molar-refractivity contribution in [2.75, 3.05) is 18.1 Å². The quantitative estimate of drug-likeness (QED) is 0.415. The van der Waals surface area contributed by atoms with Crippen LogP contribution in [0.25, 0.3) is 5.52 Å². The molecule has 3 heterocycles. The van der Waals surface area contributed by atoms with Crippen LogP contribution in [0.3, 0.4) is 0 Å². The molecule has 1 aliphatic rings. The molecule has 1 aromatic carbocycles. The number of anilines is 2. The number of fused-ring (bicyclic) bond motifs is 1. The number of hydrogen-bond acceptors (Lipinski definition) is 8. The zero-order valence-electron chi connectivity index (χ0n) is 21.2. The van der Waals surface area contributed by atoms with Gasteiger partial charge in [0, 0.05) is 40.8 Å². The second-order valence-corrected chi connectivity index (χ2v) is 11.4. The summed E-state index contributed by atoms with van der Waals surface area (Å²) < 4.78 is 35.9. The Kier molecular flexibility index (Phi) is 7.54. The van der Waals surface area contributed by atoms with Crippen LogP contribution < -0.4 is 14.8 Å². The maximum Gasteiger partial charge on any atom is 0.264 e. The van der Waals surface area contributed by atoms with Crippen LogP contribution in [0.4, 0.5) is 15.9 Å². The van der Waals surface area contributed by atoms with Gasteiger partial charge in [0.25, 0.3) is 11.8 Å². The SMILES string of the molecule is C=S(C)(=O)NC(=O)c1cn2ncnc(Nc3ccc(F)cc3OC(C)C(=O)N3CCCC3CC#N)c2c1C. The molecule has 13 heteroatoms. The molecule has 11 nitrogen and oxygen atoms in total. The molecule has 2 aromatic heterocycles. The van der Waals surface area contributed by atoms with E-state index in [0.717, 1.165) is 18.9 Å². The molecule has 200 valence electrons. The van der Waals surface area contributed by atoms with E-state index in [1.165, 1.54) is 35.4 Å². The lowest BCUT2D eigenvalue weighted by Crippen LogP contribution is -2.43. The van der Waals surface area contributed by atoms with Gasteiger partial charge in [0.1, 0.15) is 23.4 Å². The number of likely N-dealkylation sites (tertiary alicyclic amines) is 1. The summed E-state index contributed by atoms with van der Waals surface area (Å²) in [6, 6.07) is 5.81. The third kappa shape index (κ3) is 5.70.